The van der Waals surface area contributed by atoms with E-state index in [0.717, 1.165) is 18.9 Å². The fraction of sp³-hybridized carbons (Fsp3) is 0.667. The molecule has 0 bridgehead atoms. The minimum Gasteiger partial charge on any atom is -0.354 e. The Morgan fingerprint density at radius 3 is 2.33 bits per heavy atom. The number of nitrogens with one attached hydrogen (secondary N) is 1. The highest BCUT2D eigenvalue weighted by atomic mass is 15.2. The molecule has 0 saturated heterocycles. The summed E-state index contributed by atoms with van der Waals surface area (Å²) in [5, 5.41) is 3.22. The second kappa shape index (κ2) is 6.74. The standard InChI is InChI=1S/C15H27N3/c1-7-18(12(4)5)15-9-13(10-16-6)8-14(17-15)11(2)3/h8-9,11-12,16H,7,10H2,1-6H3. The molecule has 1 aromatic rings. The molecule has 102 valence electrons. The van der Waals surface area contributed by atoms with Crippen LogP contribution < -0.4 is 10.2 Å². The summed E-state index contributed by atoms with van der Waals surface area (Å²) in [7, 11) is 1.98. The van der Waals surface area contributed by atoms with E-state index >= 15 is 0 Å². The third kappa shape index (κ3) is 3.70. The van der Waals surface area contributed by atoms with Crippen LogP contribution in [0.3, 0.4) is 0 Å². The van der Waals surface area contributed by atoms with Gasteiger partial charge in [0.05, 0.1) is 0 Å². The summed E-state index contributed by atoms with van der Waals surface area (Å²) in [5.74, 6) is 1.57. The van der Waals surface area contributed by atoms with Gasteiger partial charge in [-0.05, 0) is 51.4 Å². The predicted molar refractivity (Wildman–Crippen MR) is 79.2 cm³/mol. The Kier molecular flexibility index (Phi) is 5.60. The lowest BCUT2D eigenvalue weighted by atomic mass is 10.1. The maximum Gasteiger partial charge on any atom is 0.129 e. The van der Waals surface area contributed by atoms with Crippen LogP contribution in [0.4, 0.5) is 5.82 Å². The van der Waals surface area contributed by atoms with Crippen LogP contribution in [0.15, 0.2) is 12.1 Å². The zero-order chi connectivity index (χ0) is 13.7. The van der Waals surface area contributed by atoms with E-state index in [2.05, 4.69) is 57.0 Å². The van der Waals surface area contributed by atoms with Crippen molar-refractivity contribution in [1.29, 1.82) is 0 Å². The minimum atomic E-state index is 0.464. The van der Waals surface area contributed by atoms with Gasteiger partial charge in [-0.15, -0.1) is 0 Å². The minimum absolute atomic E-state index is 0.464. The summed E-state index contributed by atoms with van der Waals surface area (Å²) in [6, 6.07) is 4.89. The highest BCUT2D eigenvalue weighted by molar-refractivity contribution is 5.44. The van der Waals surface area contributed by atoms with Crippen molar-refractivity contribution in [3.05, 3.63) is 23.4 Å². The third-order valence-electron chi connectivity index (χ3n) is 3.12. The third-order valence-corrected chi connectivity index (χ3v) is 3.12. The normalized spacial score (nSPS) is 11.3. The van der Waals surface area contributed by atoms with Gasteiger partial charge in [-0.2, -0.15) is 0 Å². The van der Waals surface area contributed by atoms with Crippen molar-refractivity contribution in [2.45, 2.75) is 53.1 Å². The molecule has 0 amide bonds. The highest BCUT2D eigenvalue weighted by Crippen LogP contribution is 2.21. The van der Waals surface area contributed by atoms with E-state index in [1.807, 2.05) is 7.05 Å². The molecule has 1 aromatic heterocycles. The lowest BCUT2D eigenvalue weighted by Gasteiger charge is -2.27. The van der Waals surface area contributed by atoms with E-state index in [9.17, 15) is 0 Å². The SMILES string of the molecule is CCN(c1cc(CNC)cc(C(C)C)n1)C(C)C. The number of pyridine rings is 1. The van der Waals surface area contributed by atoms with Crippen LogP contribution in [0, 0.1) is 0 Å². The quantitative estimate of drug-likeness (QED) is 0.839. The highest BCUT2D eigenvalue weighted by Gasteiger charge is 2.13. The van der Waals surface area contributed by atoms with Crippen LogP contribution in [0.2, 0.25) is 0 Å². The molecule has 0 spiro atoms. The first-order valence-corrected chi connectivity index (χ1v) is 6.91. The Bertz CT molecular complexity index is 372. The fourth-order valence-electron chi connectivity index (χ4n) is 2.14. The van der Waals surface area contributed by atoms with E-state index in [-0.39, 0.29) is 0 Å². The van der Waals surface area contributed by atoms with Crippen molar-refractivity contribution < 1.29 is 0 Å². The van der Waals surface area contributed by atoms with Gasteiger partial charge in [0.2, 0.25) is 0 Å². The van der Waals surface area contributed by atoms with E-state index in [4.69, 9.17) is 4.98 Å². The molecule has 1 rings (SSSR count). The van der Waals surface area contributed by atoms with Crippen molar-refractivity contribution in [3.8, 4) is 0 Å². The smallest absolute Gasteiger partial charge is 0.129 e. The van der Waals surface area contributed by atoms with Gasteiger partial charge in [-0.3, -0.25) is 0 Å². The molecule has 0 fully saturated rings. The molecular weight excluding hydrogens is 222 g/mol. The van der Waals surface area contributed by atoms with Crippen molar-refractivity contribution in [3.63, 3.8) is 0 Å². The average molecular weight is 249 g/mol. The topological polar surface area (TPSA) is 28.2 Å². The predicted octanol–water partition coefficient (Wildman–Crippen LogP) is 3.16. The second-order valence-electron chi connectivity index (χ2n) is 5.32. The molecule has 1 heterocycles. The van der Waals surface area contributed by atoms with Crippen LogP contribution in [0.25, 0.3) is 0 Å². The zero-order valence-corrected chi connectivity index (χ0v) is 12.6. The Balaban J connectivity index is 3.16. The molecule has 0 aliphatic rings. The van der Waals surface area contributed by atoms with Crippen molar-refractivity contribution in [2.24, 2.45) is 0 Å². The molecular formula is C15H27N3. The molecule has 0 aliphatic heterocycles. The van der Waals surface area contributed by atoms with Crippen LogP contribution in [-0.4, -0.2) is 24.6 Å². The van der Waals surface area contributed by atoms with Gasteiger partial charge >= 0.3 is 0 Å². The second-order valence-corrected chi connectivity index (χ2v) is 5.32. The Hall–Kier alpha value is -1.09. The Morgan fingerprint density at radius 2 is 1.89 bits per heavy atom. The first-order valence-electron chi connectivity index (χ1n) is 6.91. The lowest BCUT2D eigenvalue weighted by Crippen LogP contribution is -2.31. The number of hydrogen-bond donors (Lipinski definition) is 1. The van der Waals surface area contributed by atoms with Gasteiger partial charge in [0, 0.05) is 24.8 Å². The van der Waals surface area contributed by atoms with Crippen LogP contribution in [0.5, 0.6) is 0 Å². The Morgan fingerprint density at radius 1 is 1.22 bits per heavy atom. The lowest BCUT2D eigenvalue weighted by molar-refractivity contribution is 0.684. The fourth-order valence-corrected chi connectivity index (χ4v) is 2.14. The molecule has 0 atom stereocenters. The van der Waals surface area contributed by atoms with Crippen LogP contribution >= 0.6 is 0 Å². The zero-order valence-electron chi connectivity index (χ0n) is 12.6. The number of hydrogen-bond acceptors (Lipinski definition) is 3. The Labute approximate surface area is 112 Å². The van der Waals surface area contributed by atoms with Gasteiger partial charge < -0.3 is 10.2 Å². The van der Waals surface area contributed by atoms with Gasteiger partial charge in [0.15, 0.2) is 0 Å². The van der Waals surface area contributed by atoms with E-state index < -0.39 is 0 Å². The largest absolute Gasteiger partial charge is 0.354 e. The van der Waals surface area contributed by atoms with Crippen molar-refractivity contribution >= 4 is 5.82 Å². The molecule has 0 aromatic carbocycles. The summed E-state index contributed by atoms with van der Waals surface area (Å²) in [6.45, 7) is 12.9. The summed E-state index contributed by atoms with van der Waals surface area (Å²) in [6.07, 6.45) is 0. The van der Waals surface area contributed by atoms with Crippen LogP contribution in [0.1, 0.15) is 51.8 Å². The van der Waals surface area contributed by atoms with E-state index in [1.165, 1.54) is 11.3 Å². The summed E-state index contributed by atoms with van der Waals surface area (Å²) in [4.78, 5) is 7.14. The number of anilines is 1. The molecule has 0 saturated carbocycles. The van der Waals surface area contributed by atoms with E-state index in [0.29, 0.717) is 12.0 Å². The molecule has 3 heteroatoms. The number of rotatable bonds is 6. The summed E-state index contributed by atoms with van der Waals surface area (Å²) < 4.78 is 0. The van der Waals surface area contributed by atoms with Gasteiger partial charge in [0.25, 0.3) is 0 Å². The van der Waals surface area contributed by atoms with Gasteiger partial charge in [0.1, 0.15) is 5.82 Å². The monoisotopic (exact) mass is 249 g/mol. The van der Waals surface area contributed by atoms with Crippen molar-refractivity contribution in [1.82, 2.24) is 10.3 Å². The average Bonchev–Trinajstić information content (AvgIpc) is 2.29. The summed E-state index contributed by atoms with van der Waals surface area (Å²) in [5.41, 5.74) is 2.49. The molecule has 0 unspecified atom stereocenters. The molecule has 18 heavy (non-hydrogen) atoms. The number of aromatic nitrogens is 1. The molecule has 0 radical (unpaired) electrons. The first kappa shape index (κ1) is 15.0. The molecule has 3 nitrogen and oxygen atoms in total. The van der Waals surface area contributed by atoms with E-state index in [1.54, 1.807) is 0 Å². The first-order chi connectivity index (χ1) is 8.49. The maximum atomic E-state index is 4.81. The van der Waals surface area contributed by atoms with Crippen LogP contribution in [-0.2, 0) is 6.54 Å². The van der Waals surface area contributed by atoms with Gasteiger partial charge in [-0.25, -0.2) is 4.98 Å². The maximum absolute atomic E-state index is 4.81. The van der Waals surface area contributed by atoms with Gasteiger partial charge in [-0.1, -0.05) is 13.8 Å². The number of nitrogens with zero attached hydrogens (tertiary/aromatic N) is 2. The molecule has 1 N–H and O–H groups in total. The molecule has 0 aliphatic carbocycles. The van der Waals surface area contributed by atoms with Crippen molar-refractivity contribution in [2.75, 3.05) is 18.5 Å². The summed E-state index contributed by atoms with van der Waals surface area (Å²) >= 11 is 0.